The molecule has 16 heavy (non-hydrogen) atoms. The molecule has 1 fully saturated rings. The van der Waals surface area contributed by atoms with Crippen molar-refractivity contribution in [1.29, 1.82) is 0 Å². The van der Waals surface area contributed by atoms with Gasteiger partial charge < -0.3 is 15.0 Å². The first-order valence-electron chi connectivity index (χ1n) is 6.34. The summed E-state index contributed by atoms with van der Waals surface area (Å²) in [5, 5.41) is 3.59. The molecule has 0 aromatic carbocycles. The van der Waals surface area contributed by atoms with Gasteiger partial charge in [0.25, 0.3) is 0 Å². The van der Waals surface area contributed by atoms with Crippen LogP contribution in [0.15, 0.2) is 12.7 Å². The maximum atomic E-state index is 5.48. The molecule has 0 aromatic rings. The normalized spacial score (nSPS) is 26.9. The van der Waals surface area contributed by atoms with Crippen LogP contribution in [0.25, 0.3) is 0 Å². The Morgan fingerprint density at radius 3 is 3.00 bits per heavy atom. The fourth-order valence-corrected chi connectivity index (χ4v) is 2.24. The molecule has 1 saturated heterocycles. The van der Waals surface area contributed by atoms with E-state index in [4.69, 9.17) is 4.74 Å². The number of nitrogens with zero attached hydrogens (tertiary/aromatic N) is 1. The molecular formula is C13H26N2O. The lowest BCUT2D eigenvalue weighted by Gasteiger charge is -2.35. The van der Waals surface area contributed by atoms with E-state index in [0.717, 1.165) is 32.1 Å². The first kappa shape index (κ1) is 13.7. The van der Waals surface area contributed by atoms with Crippen LogP contribution in [0.3, 0.4) is 0 Å². The third-order valence-corrected chi connectivity index (χ3v) is 3.23. The molecule has 0 aromatic heterocycles. The third kappa shape index (κ3) is 5.10. The van der Waals surface area contributed by atoms with Gasteiger partial charge >= 0.3 is 0 Å². The van der Waals surface area contributed by atoms with Gasteiger partial charge in [-0.15, -0.1) is 6.58 Å². The number of nitrogens with one attached hydrogen (secondary N) is 1. The van der Waals surface area contributed by atoms with Gasteiger partial charge in [-0.05, 0) is 32.4 Å². The minimum atomic E-state index is 0.666. The molecule has 1 rings (SSSR count). The van der Waals surface area contributed by atoms with Crippen molar-refractivity contribution in [2.45, 2.75) is 25.8 Å². The minimum Gasteiger partial charge on any atom is -0.380 e. The molecular weight excluding hydrogens is 200 g/mol. The smallest absolute Gasteiger partial charge is 0.0591 e. The van der Waals surface area contributed by atoms with Gasteiger partial charge in [-0.3, -0.25) is 0 Å². The first-order valence-corrected chi connectivity index (χ1v) is 6.34. The van der Waals surface area contributed by atoms with Crippen molar-refractivity contribution in [1.82, 2.24) is 10.2 Å². The first-order chi connectivity index (χ1) is 7.74. The predicted molar refractivity (Wildman–Crippen MR) is 68.7 cm³/mol. The van der Waals surface area contributed by atoms with E-state index in [1.807, 2.05) is 6.08 Å². The Hall–Kier alpha value is -0.380. The molecule has 2 atom stereocenters. The highest BCUT2D eigenvalue weighted by Gasteiger charge is 2.23. The summed E-state index contributed by atoms with van der Waals surface area (Å²) in [6.45, 7) is 11.0. The second kappa shape index (κ2) is 7.82. The van der Waals surface area contributed by atoms with Crippen molar-refractivity contribution in [3.63, 3.8) is 0 Å². The average Bonchev–Trinajstić information content (AvgIpc) is 2.26. The van der Waals surface area contributed by atoms with Crippen LogP contribution in [0.5, 0.6) is 0 Å². The van der Waals surface area contributed by atoms with Gasteiger partial charge in [-0.2, -0.15) is 0 Å². The maximum absolute atomic E-state index is 5.48. The van der Waals surface area contributed by atoms with Gasteiger partial charge in [0, 0.05) is 19.1 Å². The quantitative estimate of drug-likeness (QED) is 0.526. The number of hydrogen-bond donors (Lipinski definition) is 1. The molecule has 0 bridgehead atoms. The zero-order chi connectivity index (χ0) is 11.8. The summed E-state index contributed by atoms with van der Waals surface area (Å²) in [5.74, 6) is 0.743. The molecule has 94 valence electrons. The Morgan fingerprint density at radius 1 is 1.50 bits per heavy atom. The van der Waals surface area contributed by atoms with Crippen molar-refractivity contribution >= 4 is 0 Å². The number of hydrogen-bond acceptors (Lipinski definition) is 3. The summed E-state index contributed by atoms with van der Waals surface area (Å²) in [6, 6.07) is 0.666. The topological polar surface area (TPSA) is 24.5 Å². The van der Waals surface area contributed by atoms with E-state index in [-0.39, 0.29) is 0 Å². The molecule has 0 radical (unpaired) electrons. The van der Waals surface area contributed by atoms with Crippen LogP contribution >= 0.6 is 0 Å². The zero-order valence-corrected chi connectivity index (χ0v) is 10.7. The van der Waals surface area contributed by atoms with E-state index in [1.54, 1.807) is 0 Å². The summed E-state index contributed by atoms with van der Waals surface area (Å²) in [6.07, 6.45) is 4.10. The van der Waals surface area contributed by atoms with E-state index in [0.29, 0.717) is 6.04 Å². The molecule has 2 unspecified atom stereocenters. The van der Waals surface area contributed by atoms with Crippen molar-refractivity contribution in [3.8, 4) is 0 Å². The summed E-state index contributed by atoms with van der Waals surface area (Å²) < 4.78 is 5.48. The second-order valence-electron chi connectivity index (χ2n) is 4.78. The summed E-state index contributed by atoms with van der Waals surface area (Å²) in [4.78, 5) is 2.41. The van der Waals surface area contributed by atoms with Crippen molar-refractivity contribution in [3.05, 3.63) is 12.7 Å². The Morgan fingerprint density at radius 2 is 2.31 bits per heavy atom. The van der Waals surface area contributed by atoms with Crippen LogP contribution < -0.4 is 5.32 Å². The molecule has 0 spiro atoms. The number of piperidine rings is 1. The molecule has 0 aliphatic carbocycles. The zero-order valence-electron chi connectivity index (χ0n) is 10.7. The molecule has 0 amide bonds. The van der Waals surface area contributed by atoms with Gasteiger partial charge in [0.2, 0.25) is 0 Å². The molecule has 3 heteroatoms. The summed E-state index contributed by atoms with van der Waals surface area (Å²) in [7, 11) is 2.20. The fraction of sp³-hybridized carbons (Fsp3) is 0.846. The molecule has 1 aliphatic rings. The van der Waals surface area contributed by atoms with Crippen LogP contribution in [0.1, 0.15) is 19.8 Å². The minimum absolute atomic E-state index is 0.666. The maximum Gasteiger partial charge on any atom is 0.0591 e. The fourth-order valence-electron chi connectivity index (χ4n) is 2.24. The van der Waals surface area contributed by atoms with Crippen LogP contribution in [-0.4, -0.2) is 50.8 Å². The van der Waals surface area contributed by atoms with Gasteiger partial charge in [-0.1, -0.05) is 13.0 Å². The Bertz CT molecular complexity index is 196. The van der Waals surface area contributed by atoms with Gasteiger partial charge in [0.05, 0.1) is 13.2 Å². The van der Waals surface area contributed by atoms with Gasteiger partial charge in [0.1, 0.15) is 0 Å². The van der Waals surface area contributed by atoms with E-state index >= 15 is 0 Å². The highest BCUT2D eigenvalue weighted by atomic mass is 16.5. The largest absolute Gasteiger partial charge is 0.380 e. The lowest BCUT2D eigenvalue weighted by Crippen LogP contribution is -2.47. The summed E-state index contributed by atoms with van der Waals surface area (Å²) in [5.41, 5.74) is 0. The molecule has 1 N–H and O–H groups in total. The van der Waals surface area contributed by atoms with Crippen LogP contribution in [-0.2, 0) is 4.74 Å². The Balaban J connectivity index is 2.02. The Labute approximate surface area is 99.8 Å². The Kier molecular flexibility index (Phi) is 6.69. The number of ether oxygens (including phenoxy) is 1. The SMILES string of the molecule is C=CCCOCCNC1CCN(C)CC1C. The van der Waals surface area contributed by atoms with Crippen molar-refractivity contribution < 1.29 is 4.74 Å². The molecule has 0 saturated carbocycles. The molecule has 3 nitrogen and oxygen atoms in total. The van der Waals surface area contributed by atoms with E-state index in [2.05, 4.69) is 30.8 Å². The monoisotopic (exact) mass is 226 g/mol. The van der Waals surface area contributed by atoms with E-state index < -0.39 is 0 Å². The van der Waals surface area contributed by atoms with Crippen LogP contribution in [0.2, 0.25) is 0 Å². The average molecular weight is 226 g/mol. The molecule has 1 aliphatic heterocycles. The highest BCUT2D eigenvalue weighted by Crippen LogP contribution is 2.14. The van der Waals surface area contributed by atoms with Gasteiger partial charge in [-0.25, -0.2) is 0 Å². The van der Waals surface area contributed by atoms with Crippen LogP contribution in [0, 0.1) is 5.92 Å². The van der Waals surface area contributed by atoms with E-state index in [1.165, 1.54) is 19.5 Å². The van der Waals surface area contributed by atoms with Crippen molar-refractivity contribution in [2.75, 3.05) is 39.9 Å². The molecule has 1 heterocycles. The van der Waals surface area contributed by atoms with E-state index in [9.17, 15) is 0 Å². The predicted octanol–water partition coefficient (Wildman–Crippen LogP) is 1.51. The van der Waals surface area contributed by atoms with Gasteiger partial charge in [0.15, 0.2) is 0 Å². The number of likely N-dealkylation sites (tertiary alicyclic amines) is 1. The standard InChI is InChI=1S/C13H26N2O/c1-4-5-9-16-10-7-14-13-6-8-15(3)11-12(13)2/h4,12-14H,1,5-11H2,2-3H3. The number of rotatable bonds is 7. The van der Waals surface area contributed by atoms with Crippen molar-refractivity contribution in [2.24, 2.45) is 5.92 Å². The summed E-state index contributed by atoms with van der Waals surface area (Å²) >= 11 is 0. The highest BCUT2D eigenvalue weighted by molar-refractivity contribution is 4.81. The third-order valence-electron chi connectivity index (χ3n) is 3.23. The van der Waals surface area contributed by atoms with Crippen LogP contribution in [0.4, 0.5) is 0 Å². The lowest BCUT2D eigenvalue weighted by atomic mass is 9.94. The second-order valence-corrected chi connectivity index (χ2v) is 4.78. The lowest BCUT2D eigenvalue weighted by molar-refractivity contribution is 0.125.